The first kappa shape index (κ1) is 12.3. The lowest BCUT2D eigenvalue weighted by Crippen LogP contribution is -2.00. The Kier molecular flexibility index (Phi) is 3.91. The van der Waals surface area contributed by atoms with Gasteiger partial charge < -0.3 is 0 Å². The molecule has 0 aliphatic heterocycles. The van der Waals surface area contributed by atoms with Gasteiger partial charge in [-0.25, -0.2) is 9.97 Å². The molecule has 0 N–H and O–H groups in total. The Bertz CT molecular complexity index is 520. The van der Waals surface area contributed by atoms with Crippen LogP contribution in [0.15, 0.2) is 29.7 Å². The highest BCUT2D eigenvalue weighted by molar-refractivity contribution is 7.99. The Hall–Kier alpha value is -1.20. The van der Waals surface area contributed by atoms with Gasteiger partial charge in [0.15, 0.2) is 10.9 Å². The highest BCUT2D eigenvalue weighted by Crippen LogP contribution is 2.19. The molecule has 2 aromatic rings. The summed E-state index contributed by atoms with van der Waals surface area (Å²) in [5.41, 5.74) is 1.02. The van der Waals surface area contributed by atoms with Gasteiger partial charge in [0.1, 0.15) is 0 Å². The summed E-state index contributed by atoms with van der Waals surface area (Å²) < 4.78 is 0. The zero-order valence-corrected chi connectivity index (χ0v) is 11.3. The normalized spacial score (nSPS) is 10.5. The van der Waals surface area contributed by atoms with Gasteiger partial charge in [-0.15, -0.1) is 11.3 Å². The van der Waals surface area contributed by atoms with E-state index >= 15 is 0 Å². The van der Waals surface area contributed by atoms with E-state index in [-0.39, 0.29) is 5.78 Å². The first-order chi connectivity index (χ1) is 8.15. The number of aryl methyl sites for hydroxylation is 2. The van der Waals surface area contributed by atoms with Gasteiger partial charge in [-0.05, 0) is 31.5 Å². The van der Waals surface area contributed by atoms with Crippen molar-refractivity contribution in [3.63, 3.8) is 0 Å². The quantitative estimate of drug-likeness (QED) is 0.483. The summed E-state index contributed by atoms with van der Waals surface area (Å²) >= 11 is 2.91. The molecule has 0 spiro atoms. The van der Waals surface area contributed by atoms with E-state index in [9.17, 15) is 4.79 Å². The summed E-state index contributed by atoms with van der Waals surface area (Å²) in [5.74, 6) is 0.528. The number of ketones is 1. The molecule has 88 valence electrons. The lowest BCUT2D eigenvalue weighted by Gasteiger charge is -1.98. The van der Waals surface area contributed by atoms with Crippen molar-refractivity contribution in [2.24, 2.45) is 0 Å². The summed E-state index contributed by atoms with van der Waals surface area (Å²) in [6.07, 6.45) is 3.52. The second-order valence-corrected chi connectivity index (χ2v) is 5.90. The molecule has 17 heavy (non-hydrogen) atoms. The molecule has 0 radical (unpaired) electrons. The zero-order chi connectivity index (χ0) is 12.3. The minimum absolute atomic E-state index is 0.136. The van der Waals surface area contributed by atoms with Crippen LogP contribution in [0.2, 0.25) is 0 Å². The van der Waals surface area contributed by atoms with Crippen LogP contribution in [0.25, 0.3) is 0 Å². The first-order valence-corrected chi connectivity index (χ1v) is 6.96. The lowest BCUT2D eigenvalue weighted by molar-refractivity contribution is 0.102. The van der Waals surface area contributed by atoms with Gasteiger partial charge in [0.2, 0.25) is 0 Å². The molecule has 0 aliphatic rings. The number of nitrogens with zero attached hydrogens (tertiary/aromatic N) is 2. The number of thioether (sulfide) groups is 1. The van der Waals surface area contributed by atoms with Crippen LogP contribution in [0, 0.1) is 13.8 Å². The summed E-state index contributed by atoms with van der Waals surface area (Å²) in [6.45, 7) is 3.94. The van der Waals surface area contributed by atoms with E-state index in [1.807, 2.05) is 26.0 Å². The van der Waals surface area contributed by atoms with Crippen molar-refractivity contribution >= 4 is 28.9 Å². The monoisotopic (exact) mass is 264 g/mol. The van der Waals surface area contributed by atoms with Crippen molar-refractivity contribution in [1.29, 1.82) is 0 Å². The van der Waals surface area contributed by atoms with Crippen LogP contribution in [0.3, 0.4) is 0 Å². The SMILES string of the molecule is Cc1cnc(SCC(=O)c2ccc(C)s2)nc1. The molecule has 5 heteroatoms. The van der Waals surface area contributed by atoms with E-state index in [4.69, 9.17) is 0 Å². The fourth-order valence-electron chi connectivity index (χ4n) is 1.24. The van der Waals surface area contributed by atoms with E-state index in [0.29, 0.717) is 10.9 Å². The maximum atomic E-state index is 11.8. The molecule has 0 amide bonds. The van der Waals surface area contributed by atoms with E-state index in [1.165, 1.54) is 23.1 Å². The summed E-state index contributed by atoms with van der Waals surface area (Å²) in [5, 5.41) is 0.650. The van der Waals surface area contributed by atoms with Gasteiger partial charge in [-0.2, -0.15) is 0 Å². The Balaban J connectivity index is 1.94. The van der Waals surface area contributed by atoms with Crippen LogP contribution in [0.4, 0.5) is 0 Å². The van der Waals surface area contributed by atoms with E-state index in [0.717, 1.165) is 15.3 Å². The fraction of sp³-hybridized carbons (Fsp3) is 0.250. The highest BCUT2D eigenvalue weighted by Gasteiger charge is 2.09. The Morgan fingerprint density at radius 2 is 2.00 bits per heavy atom. The lowest BCUT2D eigenvalue weighted by atomic mass is 10.3. The number of rotatable bonds is 4. The molecule has 0 aromatic carbocycles. The molecule has 2 aromatic heterocycles. The number of carbonyl (C=O) groups excluding carboxylic acids is 1. The zero-order valence-electron chi connectivity index (χ0n) is 9.64. The average molecular weight is 264 g/mol. The standard InChI is InChI=1S/C12H12N2OS2/c1-8-5-13-12(14-6-8)16-7-10(15)11-4-3-9(2)17-11/h3-6H,7H2,1-2H3. The second kappa shape index (κ2) is 5.42. The van der Waals surface area contributed by atoms with Crippen LogP contribution in [-0.2, 0) is 0 Å². The molecule has 0 aliphatic carbocycles. The average Bonchev–Trinajstić information content (AvgIpc) is 2.75. The predicted molar refractivity (Wildman–Crippen MR) is 70.9 cm³/mol. The first-order valence-electron chi connectivity index (χ1n) is 5.16. The van der Waals surface area contributed by atoms with Crippen LogP contribution in [0.5, 0.6) is 0 Å². The maximum Gasteiger partial charge on any atom is 0.187 e. The van der Waals surface area contributed by atoms with Crippen LogP contribution < -0.4 is 0 Å². The molecule has 0 saturated heterocycles. The summed E-state index contributed by atoms with van der Waals surface area (Å²) in [6, 6.07) is 3.84. The van der Waals surface area contributed by atoms with Crippen LogP contribution in [0.1, 0.15) is 20.1 Å². The molecule has 0 fully saturated rings. The third-order valence-electron chi connectivity index (χ3n) is 2.10. The number of aromatic nitrogens is 2. The van der Waals surface area contributed by atoms with Crippen molar-refractivity contribution < 1.29 is 4.79 Å². The number of thiophene rings is 1. The summed E-state index contributed by atoms with van der Waals surface area (Å²) in [7, 11) is 0. The molecular formula is C12H12N2OS2. The van der Waals surface area contributed by atoms with Gasteiger partial charge in [-0.1, -0.05) is 11.8 Å². The molecule has 2 heterocycles. The van der Waals surface area contributed by atoms with Gasteiger partial charge in [0.25, 0.3) is 0 Å². The van der Waals surface area contributed by atoms with Gasteiger partial charge in [-0.3, -0.25) is 4.79 Å². The van der Waals surface area contributed by atoms with Crippen molar-refractivity contribution in [3.8, 4) is 0 Å². The van der Waals surface area contributed by atoms with Gasteiger partial charge in [0, 0.05) is 17.3 Å². The van der Waals surface area contributed by atoms with Gasteiger partial charge in [0.05, 0.1) is 10.6 Å². The minimum atomic E-state index is 0.136. The van der Waals surface area contributed by atoms with E-state index in [2.05, 4.69) is 9.97 Å². The number of hydrogen-bond acceptors (Lipinski definition) is 5. The highest BCUT2D eigenvalue weighted by atomic mass is 32.2. The number of hydrogen-bond donors (Lipinski definition) is 0. The third-order valence-corrected chi connectivity index (χ3v) is 4.02. The molecule has 0 bridgehead atoms. The Morgan fingerprint density at radius 3 is 2.59 bits per heavy atom. The molecule has 0 saturated carbocycles. The topological polar surface area (TPSA) is 42.9 Å². The predicted octanol–water partition coefficient (Wildman–Crippen LogP) is 3.13. The molecular weight excluding hydrogens is 252 g/mol. The minimum Gasteiger partial charge on any atom is -0.292 e. The van der Waals surface area contributed by atoms with E-state index < -0.39 is 0 Å². The van der Waals surface area contributed by atoms with Crippen LogP contribution >= 0.6 is 23.1 Å². The van der Waals surface area contributed by atoms with Crippen molar-refractivity contribution in [2.45, 2.75) is 19.0 Å². The molecule has 2 rings (SSSR count). The van der Waals surface area contributed by atoms with E-state index in [1.54, 1.807) is 12.4 Å². The number of carbonyl (C=O) groups is 1. The number of Topliss-reactive ketones (excluding diaryl/α,β-unsaturated/α-hetero) is 1. The van der Waals surface area contributed by atoms with Crippen molar-refractivity contribution in [1.82, 2.24) is 9.97 Å². The maximum absolute atomic E-state index is 11.8. The Labute approximate surface area is 108 Å². The Morgan fingerprint density at radius 1 is 1.29 bits per heavy atom. The molecule has 0 atom stereocenters. The van der Waals surface area contributed by atoms with Gasteiger partial charge >= 0.3 is 0 Å². The smallest absolute Gasteiger partial charge is 0.187 e. The summed E-state index contributed by atoms with van der Waals surface area (Å²) in [4.78, 5) is 22.1. The second-order valence-electron chi connectivity index (χ2n) is 3.67. The molecule has 0 unspecified atom stereocenters. The largest absolute Gasteiger partial charge is 0.292 e. The van der Waals surface area contributed by atoms with Crippen molar-refractivity contribution in [2.75, 3.05) is 5.75 Å². The fourth-order valence-corrected chi connectivity index (χ4v) is 2.81. The molecule has 3 nitrogen and oxygen atoms in total. The third kappa shape index (κ3) is 3.38. The van der Waals surface area contributed by atoms with Crippen molar-refractivity contribution in [3.05, 3.63) is 39.8 Å². The van der Waals surface area contributed by atoms with Crippen LogP contribution in [-0.4, -0.2) is 21.5 Å².